The summed E-state index contributed by atoms with van der Waals surface area (Å²) in [6, 6.07) is 0. The summed E-state index contributed by atoms with van der Waals surface area (Å²) in [7, 11) is 0. The van der Waals surface area contributed by atoms with Gasteiger partial charge in [0.15, 0.2) is 0 Å². The number of thioether (sulfide) groups is 1. The minimum Gasteiger partial charge on any atom is -0.381 e. The number of nitrogens with one attached hydrogen (secondary N) is 1. The number of piperidine rings is 1. The summed E-state index contributed by atoms with van der Waals surface area (Å²) in [5.41, 5.74) is 0. The number of ether oxygens (including phenoxy) is 1. The molecule has 22 heavy (non-hydrogen) atoms. The Labute approximate surface area is 147 Å². The summed E-state index contributed by atoms with van der Waals surface area (Å²) in [6.07, 6.45) is 12.6. The Kier molecular flexibility index (Phi) is 29.2. The van der Waals surface area contributed by atoms with Crippen LogP contribution >= 0.6 is 11.8 Å². The molecule has 3 saturated heterocycles. The fourth-order valence-corrected chi connectivity index (χ4v) is 3.20. The second-order valence-corrected chi connectivity index (χ2v) is 6.38. The average molecular weight is 336 g/mol. The lowest BCUT2D eigenvalue weighted by Crippen LogP contribution is -2.21. The van der Waals surface area contributed by atoms with Gasteiger partial charge in [-0.05, 0) is 69.5 Å². The van der Waals surface area contributed by atoms with E-state index in [1.54, 1.807) is 0 Å². The molecule has 1 N–H and O–H groups in total. The third-order valence-corrected chi connectivity index (χ3v) is 4.52. The van der Waals surface area contributed by atoms with Gasteiger partial charge in [-0.1, -0.05) is 40.5 Å². The highest BCUT2D eigenvalue weighted by molar-refractivity contribution is 7.99. The molecule has 3 aliphatic rings. The molecular weight excluding hydrogens is 290 g/mol. The van der Waals surface area contributed by atoms with Crippen molar-refractivity contribution in [2.24, 2.45) is 0 Å². The lowest BCUT2D eigenvalue weighted by atomic mass is 10.2. The molecule has 0 spiro atoms. The molecule has 0 radical (unpaired) electrons. The molecule has 3 fully saturated rings. The van der Waals surface area contributed by atoms with Crippen LogP contribution in [0.3, 0.4) is 0 Å². The highest BCUT2D eigenvalue weighted by Gasteiger charge is 1.96. The van der Waals surface area contributed by atoms with E-state index < -0.39 is 0 Å². The van der Waals surface area contributed by atoms with Crippen LogP contribution in [0, 0.1) is 0 Å². The van der Waals surface area contributed by atoms with E-state index in [9.17, 15) is 0 Å². The molecule has 0 aliphatic carbocycles. The second-order valence-electron chi connectivity index (χ2n) is 5.16. The first-order valence-electron chi connectivity index (χ1n) is 9.86. The predicted molar refractivity (Wildman–Crippen MR) is 107 cm³/mol. The summed E-state index contributed by atoms with van der Waals surface area (Å²) >= 11 is 2.09. The zero-order valence-electron chi connectivity index (χ0n) is 15.9. The Balaban J connectivity index is -0.000000231. The third-order valence-electron chi connectivity index (χ3n) is 3.36. The van der Waals surface area contributed by atoms with Gasteiger partial charge in [-0.3, -0.25) is 0 Å². The minimum absolute atomic E-state index is 0. The predicted octanol–water partition coefficient (Wildman–Crippen LogP) is 6.15. The van der Waals surface area contributed by atoms with Gasteiger partial charge in [0.2, 0.25) is 0 Å². The van der Waals surface area contributed by atoms with Crippen molar-refractivity contribution in [3.05, 3.63) is 0 Å². The Morgan fingerprint density at radius 2 is 1.09 bits per heavy atom. The van der Waals surface area contributed by atoms with Gasteiger partial charge in [-0.2, -0.15) is 11.8 Å². The average Bonchev–Trinajstić information content (AvgIpc) is 2.70. The maximum absolute atomic E-state index is 5.07. The fourth-order valence-electron chi connectivity index (χ4n) is 2.18. The summed E-state index contributed by atoms with van der Waals surface area (Å²) < 4.78 is 5.07. The van der Waals surface area contributed by atoms with Crippen LogP contribution in [0.25, 0.3) is 0 Å². The van der Waals surface area contributed by atoms with Crippen molar-refractivity contribution in [2.45, 2.75) is 85.5 Å². The fraction of sp³-hybridized carbons (Fsp3) is 1.00. The molecule has 3 rings (SSSR count). The molecule has 3 heterocycles. The van der Waals surface area contributed by atoms with Crippen LogP contribution in [-0.2, 0) is 4.74 Å². The molecule has 0 aromatic heterocycles. The van der Waals surface area contributed by atoms with E-state index in [2.05, 4.69) is 17.1 Å². The second kappa shape index (κ2) is 26.2. The van der Waals surface area contributed by atoms with Gasteiger partial charge in [-0.15, -0.1) is 0 Å². The summed E-state index contributed by atoms with van der Waals surface area (Å²) in [4.78, 5) is 0. The van der Waals surface area contributed by atoms with Gasteiger partial charge in [0.1, 0.15) is 0 Å². The first-order valence-corrected chi connectivity index (χ1v) is 11.0. The van der Waals surface area contributed by atoms with E-state index >= 15 is 0 Å². The number of rotatable bonds is 0. The highest BCUT2D eigenvalue weighted by atomic mass is 32.2. The Hall–Kier alpha value is 0.270. The smallest absolute Gasteiger partial charge is 0.0466 e. The van der Waals surface area contributed by atoms with Crippen LogP contribution in [-0.4, -0.2) is 37.8 Å². The number of hydrogen-bond acceptors (Lipinski definition) is 3. The van der Waals surface area contributed by atoms with Crippen molar-refractivity contribution in [3.8, 4) is 0 Å². The first kappa shape index (κ1) is 24.5. The van der Waals surface area contributed by atoms with Crippen molar-refractivity contribution >= 4 is 11.8 Å². The van der Waals surface area contributed by atoms with E-state index in [4.69, 9.17) is 4.74 Å². The summed E-state index contributed by atoms with van der Waals surface area (Å²) in [6.45, 7) is 12.5. The standard InChI is InChI=1S/C5H11N.C5H10O.C5H10S.2C2H6.H2/c3*1-2-4-6-5-3-1;2*1-2;/h6H,1-5H2;2*1-5H2;2*1-2H3;1H. The molecule has 138 valence electrons. The Morgan fingerprint density at radius 3 is 1.23 bits per heavy atom. The van der Waals surface area contributed by atoms with E-state index in [0.717, 1.165) is 13.2 Å². The third kappa shape index (κ3) is 22.5. The van der Waals surface area contributed by atoms with Crippen LogP contribution in [0.15, 0.2) is 0 Å². The van der Waals surface area contributed by atoms with Crippen LogP contribution in [0.5, 0.6) is 0 Å². The van der Waals surface area contributed by atoms with E-state index in [1.807, 2.05) is 27.7 Å². The normalized spacial score (nSPS) is 20.2. The molecule has 0 amide bonds. The van der Waals surface area contributed by atoms with Crippen LogP contribution in [0.1, 0.15) is 86.9 Å². The summed E-state index contributed by atoms with van der Waals surface area (Å²) in [5, 5.41) is 3.28. The topological polar surface area (TPSA) is 21.3 Å². The van der Waals surface area contributed by atoms with Gasteiger partial charge in [-0.25, -0.2) is 0 Å². The van der Waals surface area contributed by atoms with Crippen LogP contribution in [0.2, 0.25) is 0 Å². The zero-order chi connectivity index (χ0) is 16.7. The van der Waals surface area contributed by atoms with Crippen LogP contribution in [0.4, 0.5) is 0 Å². The lowest BCUT2D eigenvalue weighted by Gasteiger charge is -2.08. The van der Waals surface area contributed by atoms with Gasteiger partial charge in [0, 0.05) is 14.6 Å². The van der Waals surface area contributed by atoms with Crippen molar-refractivity contribution in [2.75, 3.05) is 37.8 Å². The minimum atomic E-state index is 0. The Bertz CT molecular complexity index is 98.4. The maximum atomic E-state index is 5.07. The van der Waals surface area contributed by atoms with Gasteiger partial charge >= 0.3 is 0 Å². The Morgan fingerprint density at radius 1 is 0.636 bits per heavy atom. The number of hydrogen-bond donors (Lipinski definition) is 1. The molecule has 3 heteroatoms. The summed E-state index contributed by atoms with van der Waals surface area (Å²) in [5.74, 6) is 2.83. The zero-order valence-corrected chi connectivity index (χ0v) is 16.7. The molecule has 2 nitrogen and oxygen atoms in total. The SMILES string of the molecule is C1CCNCC1.C1CCOCC1.C1CCSCC1.CC.CC.[HH]. The largest absolute Gasteiger partial charge is 0.381 e. The van der Waals surface area contributed by atoms with E-state index in [-0.39, 0.29) is 1.43 Å². The molecule has 3 aliphatic heterocycles. The molecule has 0 aromatic carbocycles. The molecule has 0 unspecified atom stereocenters. The molecule has 0 aromatic rings. The van der Waals surface area contributed by atoms with Crippen molar-refractivity contribution in [3.63, 3.8) is 0 Å². The van der Waals surface area contributed by atoms with Crippen molar-refractivity contribution in [1.82, 2.24) is 5.32 Å². The monoisotopic (exact) mass is 335 g/mol. The van der Waals surface area contributed by atoms with Crippen molar-refractivity contribution in [1.29, 1.82) is 0 Å². The first-order chi connectivity index (χ1) is 11.0. The molecule has 0 atom stereocenters. The quantitative estimate of drug-likeness (QED) is 0.573. The van der Waals surface area contributed by atoms with Gasteiger partial charge in [0.25, 0.3) is 0 Å². The van der Waals surface area contributed by atoms with Gasteiger partial charge in [0.05, 0.1) is 0 Å². The van der Waals surface area contributed by atoms with Gasteiger partial charge < -0.3 is 10.1 Å². The van der Waals surface area contributed by atoms with Crippen molar-refractivity contribution < 1.29 is 6.16 Å². The highest BCUT2D eigenvalue weighted by Crippen LogP contribution is 2.14. The lowest BCUT2D eigenvalue weighted by molar-refractivity contribution is 0.0968. The molecule has 0 bridgehead atoms. The molecule has 0 saturated carbocycles. The van der Waals surface area contributed by atoms with Crippen LogP contribution < -0.4 is 5.32 Å². The van der Waals surface area contributed by atoms with E-state index in [1.165, 1.54) is 82.4 Å². The van der Waals surface area contributed by atoms with E-state index in [0.29, 0.717) is 0 Å². The maximum Gasteiger partial charge on any atom is 0.0466 e. The molecular formula is C19H45NOS.